The number of halogens is 2. The van der Waals surface area contributed by atoms with Crippen LogP contribution in [0.4, 0.5) is 5.69 Å². The first-order chi connectivity index (χ1) is 13.0. The normalized spacial score (nSPS) is 10.6. The predicted octanol–water partition coefficient (Wildman–Crippen LogP) is 5.02. The van der Waals surface area contributed by atoms with E-state index < -0.39 is 0 Å². The van der Waals surface area contributed by atoms with Crippen LogP contribution >= 0.6 is 23.2 Å². The van der Waals surface area contributed by atoms with Crippen molar-refractivity contribution in [3.05, 3.63) is 97.9 Å². The number of aryl methyl sites for hydroxylation is 1. The zero-order valence-electron chi connectivity index (χ0n) is 14.7. The highest BCUT2D eigenvalue weighted by atomic mass is 35.5. The van der Waals surface area contributed by atoms with Gasteiger partial charge in [-0.1, -0.05) is 54.4 Å². The van der Waals surface area contributed by atoms with Crippen molar-refractivity contribution in [2.45, 2.75) is 19.9 Å². The molecule has 0 saturated heterocycles. The topological polar surface area (TPSA) is 51.1 Å². The molecule has 0 unspecified atom stereocenters. The summed E-state index contributed by atoms with van der Waals surface area (Å²) in [6.07, 6.45) is 2.36. The maximum absolute atomic E-state index is 12.6. The molecule has 0 spiro atoms. The summed E-state index contributed by atoms with van der Waals surface area (Å²) < 4.78 is 1.47. The minimum Gasteiger partial charge on any atom is -0.322 e. The van der Waals surface area contributed by atoms with E-state index in [9.17, 15) is 9.59 Å². The highest BCUT2D eigenvalue weighted by Crippen LogP contribution is 2.23. The summed E-state index contributed by atoms with van der Waals surface area (Å²) in [6.45, 7) is 2.32. The van der Waals surface area contributed by atoms with Crippen LogP contribution in [0.3, 0.4) is 0 Å². The molecule has 3 rings (SSSR count). The van der Waals surface area contributed by atoms with Crippen LogP contribution in [0, 0.1) is 0 Å². The number of nitrogens with one attached hydrogen (secondary N) is 1. The van der Waals surface area contributed by atoms with Crippen LogP contribution < -0.4 is 10.9 Å². The zero-order chi connectivity index (χ0) is 19.4. The number of nitrogens with zero attached hydrogens (tertiary/aromatic N) is 1. The molecule has 0 aliphatic carbocycles. The largest absolute Gasteiger partial charge is 0.322 e. The van der Waals surface area contributed by atoms with Gasteiger partial charge >= 0.3 is 0 Å². The Morgan fingerprint density at radius 1 is 1.04 bits per heavy atom. The first-order valence-corrected chi connectivity index (χ1v) is 9.27. The van der Waals surface area contributed by atoms with Crippen molar-refractivity contribution >= 4 is 34.8 Å². The van der Waals surface area contributed by atoms with Crippen LogP contribution in [0.25, 0.3) is 0 Å². The molecule has 1 heterocycles. The monoisotopic (exact) mass is 400 g/mol. The second-order valence-electron chi connectivity index (χ2n) is 6.10. The summed E-state index contributed by atoms with van der Waals surface area (Å²) in [4.78, 5) is 24.8. The number of rotatable bonds is 5. The number of carbonyl (C=O) groups excluding carboxylic acids is 1. The van der Waals surface area contributed by atoms with Gasteiger partial charge in [-0.15, -0.1) is 0 Å². The van der Waals surface area contributed by atoms with Gasteiger partial charge in [0.15, 0.2) is 0 Å². The molecular weight excluding hydrogens is 383 g/mol. The quantitative estimate of drug-likeness (QED) is 0.653. The Hall–Kier alpha value is -2.56. The molecule has 0 fully saturated rings. The highest BCUT2D eigenvalue weighted by Gasteiger charge is 2.11. The number of hydrogen-bond acceptors (Lipinski definition) is 2. The van der Waals surface area contributed by atoms with E-state index in [1.807, 2.05) is 31.2 Å². The molecule has 2 aromatic carbocycles. The summed E-state index contributed by atoms with van der Waals surface area (Å²) in [6, 6.07) is 15.7. The van der Waals surface area contributed by atoms with Gasteiger partial charge < -0.3 is 9.88 Å². The van der Waals surface area contributed by atoms with E-state index in [0.29, 0.717) is 22.2 Å². The average Bonchev–Trinajstić information content (AvgIpc) is 2.67. The van der Waals surface area contributed by atoms with Gasteiger partial charge in [-0.3, -0.25) is 9.59 Å². The maximum atomic E-state index is 12.6. The molecule has 0 atom stereocenters. The molecule has 3 aromatic rings. The number of pyridine rings is 1. The van der Waals surface area contributed by atoms with E-state index in [1.165, 1.54) is 16.7 Å². The van der Waals surface area contributed by atoms with E-state index in [0.717, 1.165) is 23.2 Å². The van der Waals surface area contributed by atoms with Crippen molar-refractivity contribution < 1.29 is 4.79 Å². The van der Waals surface area contributed by atoms with Crippen molar-refractivity contribution in [1.29, 1.82) is 0 Å². The maximum Gasteiger partial charge on any atom is 0.257 e. The van der Waals surface area contributed by atoms with Gasteiger partial charge in [0.1, 0.15) is 0 Å². The molecule has 4 nitrogen and oxygen atoms in total. The number of benzene rings is 2. The standard InChI is InChI=1S/C21H18Cl2N2O2/c1-2-15-5-3-4-6-19(15)24-21(27)16-8-10-20(26)25(13-16)12-14-7-9-17(22)18(23)11-14/h3-11,13H,2,12H2,1H3,(H,24,27). The Kier molecular flexibility index (Phi) is 5.99. The van der Waals surface area contributed by atoms with Gasteiger partial charge in [0.05, 0.1) is 22.2 Å². The first kappa shape index (κ1) is 19.2. The fraction of sp³-hybridized carbons (Fsp3) is 0.143. The third-order valence-corrected chi connectivity index (χ3v) is 4.97. The van der Waals surface area contributed by atoms with E-state index in [4.69, 9.17) is 23.2 Å². The molecule has 1 N–H and O–H groups in total. The summed E-state index contributed by atoms with van der Waals surface area (Å²) in [5.74, 6) is -0.265. The molecule has 138 valence electrons. The van der Waals surface area contributed by atoms with Gasteiger partial charge in [0.25, 0.3) is 11.5 Å². The van der Waals surface area contributed by atoms with Crippen molar-refractivity contribution in [2.24, 2.45) is 0 Å². The Labute approximate surface area is 167 Å². The summed E-state index contributed by atoms with van der Waals surface area (Å²) in [5, 5.41) is 3.79. The van der Waals surface area contributed by atoms with Crippen LogP contribution in [0.2, 0.25) is 10.0 Å². The Balaban J connectivity index is 1.85. The van der Waals surface area contributed by atoms with Crippen LogP contribution in [-0.4, -0.2) is 10.5 Å². The molecule has 0 radical (unpaired) electrons. The van der Waals surface area contributed by atoms with Crippen LogP contribution in [0.1, 0.15) is 28.4 Å². The molecule has 0 aliphatic rings. The summed E-state index contributed by atoms with van der Waals surface area (Å²) in [5.41, 5.74) is 2.84. The smallest absolute Gasteiger partial charge is 0.257 e. The Morgan fingerprint density at radius 2 is 1.81 bits per heavy atom. The van der Waals surface area contributed by atoms with Gasteiger partial charge in [0, 0.05) is 18.0 Å². The second-order valence-corrected chi connectivity index (χ2v) is 6.91. The number of hydrogen-bond donors (Lipinski definition) is 1. The summed E-state index contributed by atoms with van der Waals surface area (Å²) >= 11 is 12.0. The van der Waals surface area contributed by atoms with E-state index in [1.54, 1.807) is 24.4 Å². The number of carbonyl (C=O) groups is 1. The Morgan fingerprint density at radius 3 is 2.56 bits per heavy atom. The summed E-state index contributed by atoms with van der Waals surface area (Å²) in [7, 11) is 0. The molecule has 1 aromatic heterocycles. The van der Waals surface area contributed by atoms with E-state index >= 15 is 0 Å². The number of amides is 1. The Bertz CT molecular complexity index is 1040. The van der Waals surface area contributed by atoms with Gasteiger partial charge in [0.2, 0.25) is 0 Å². The molecule has 1 amide bonds. The predicted molar refractivity (Wildman–Crippen MR) is 110 cm³/mol. The molecule has 0 saturated carbocycles. The third kappa shape index (κ3) is 4.59. The fourth-order valence-corrected chi connectivity index (χ4v) is 3.09. The van der Waals surface area contributed by atoms with Crippen molar-refractivity contribution in [3.8, 4) is 0 Å². The van der Waals surface area contributed by atoms with E-state index in [2.05, 4.69) is 5.32 Å². The van der Waals surface area contributed by atoms with Gasteiger partial charge in [-0.25, -0.2) is 0 Å². The van der Waals surface area contributed by atoms with Gasteiger partial charge in [-0.2, -0.15) is 0 Å². The third-order valence-electron chi connectivity index (χ3n) is 4.23. The van der Waals surface area contributed by atoms with Crippen LogP contribution in [0.15, 0.2) is 65.6 Å². The number of aromatic nitrogens is 1. The minimum atomic E-state index is -0.265. The van der Waals surface area contributed by atoms with Gasteiger partial charge in [-0.05, 0) is 41.8 Å². The lowest BCUT2D eigenvalue weighted by atomic mass is 10.1. The minimum absolute atomic E-state index is 0.202. The van der Waals surface area contributed by atoms with Crippen LogP contribution in [0.5, 0.6) is 0 Å². The fourth-order valence-electron chi connectivity index (χ4n) is 2.77. The lowest BCUT2D eigenvalue weighted by Crippen LogP contribution is -2.22. The van der Waals surface area contributed by atoms with E-state index in [-0.39, 0.29) is 11.5 Å². The highest BCUT2D eigenvalue weighted by molar-refractivity contribution is 6.42. The van der Waals surface area contributed by atoms with Crippen molar-refractivity contribution in [3.63, 3.8) is 0 Å². The lowest BCUT2D eigenvalue weighted by molar-refractivity contribution is 0.102. The zero-order valence-corrected chi connectivity index (χ0v) is 16.2. The average molecular weight is 401 g/mol. The first-order valence-electron chi connectivity index (χ1n) is 8.51. The molecule has 0 bridgehead atoms. The number of anilines is 1. The molecular formula is C21H18Cl2N2O2. The van der Waals surface area contributed by atoms with Crippen molar-refractivity contribution in [1.82, 2.24) is 4.57 Å². The SMILES string of the molecule is CCc1ccccc1NC(=O)c1ccc(=O)n(Cc2ccc(Cl)c(Cl)c2)c1. The van der Waals surface area contributed by atoms with Crippen LogP contribution in [-0.2, 0) is 13.0 Å². The molecule has 27 heavy (non-hydrogen) atoms. The second kappa shape index (κ2) is 8.42. The lowest BCUT2D eigenvalue weighted by Gasteiger charge is -2.12. The number of para-hydroxylation sites is 1. The molecule has 6 heteroatoms. The molecule has 0 aliphatic heterocycles. The van der Waals surface area contributed by atoms with Crippen molar-refractivity contribution in [2.75, 3.05) is 5.32 Å².